The van der Waals surface area contributed by atoms with E-state index >= 15 is 0 Å². The molecule has 20 heavy (non-hydrogen) atoms. The number of fused-ring (bicyclic) bond motifs is 1. The molecule has 1 aliphatic rings. The number of H-pyrrole nitrogens is 1. The number of carbonyl (C=O) groups excluding carboxylic acids is 1. The lowest BCUT2D eigenvalue weighted by molar-refractivity contribution is 0.0352. The molecule has 2 aromatic rings. The van der Waals surface area contributed by atoms with Gasteiger partial charge >= 0.3 is 0 Å². The van der Waals surface area contributed by atoms with E-state index in [0.29, 0.717) is 11.3 Å². The van der Waals surface area contributed by atoms with Crippen LogP contribution in [0.15, 0.2) is 24.4 Å². The summed E-state index contributed by atoms with van der Waals surface area (Å²) in [6, 6.07) is 5.58. The number of aromatic amines is 1. The van der Waals surface area contributed by atoms with Crippen LogP contribution >= 0.6 is 0 Å². The van der Waals surface area contributed by atoms with E-state index in [1.54, 1.807) is 13.3 Å². The van der Waals surface area contributed by atoms with Crippen molar-refractivity contribution < 1.29 is 9.53 Å². The van der Waals surface area contributed by atoms with Gasteiger partial charge in [0.15, 0.2) is 0 Å². The highest BCUT2D eigenvalue weighted by Crippen LogP contribution is 2.24. The number of benzene rings is 1. The van der Waals surface area contributed by atoms with Crippen molar-refractivity contribution in [3.63, 3.8) is 0 Å². The van der Waals surface area contributed by atoms with Gasteiger partial charge in [0.25, 0.3) is 5.91 Å². The van der Waals surface area contributed by atoms with E-state index in [0.717, 1.165) is 36.8 Å². The Kier molecular flexibility index (Phi) is 3.36. The van der Waals surface area contributed by atoms with Crippen LogP contribution in [0.3, 0.4) is 0 Å². The number of nitrogens with zero attached hydrogens (tertiary/aromatic N) is 1. The van der Waals surface area contributed by atoms with Gasteiger partial charge in [-0.25, -0.2) is 0 Å². The molecule has 3 rings (SSSR count). The van der Waals surface area contributed by atoms with Crippen LogP contribution in [0.2, 0.25) is 0 Å². The van der Waals surface area contributed by atoms with Crippen molar-refractivity contribution in [3.8, 4) is 0 Å². The quantitative estimate of drug-likeness (QED) is 0.822. The predicted octanol–water partition coefficient (Wildman–Crippen LogP) is 2.00. The highest BCUT2D eigenvalue weighted by Gasteiger charge is 2.24. The third kappa shape index (κ3) is 2.25. The fraction of sp³-hybridized carbons (Fsp3) is 0.400. The molecular weight excluding hydrogens is 254 g/mol. The van der Waals surface area contributed by atoms with Gasteiger partial charge in [0, 0.05) is 43.0 Å². The van der Waals surface area contributed by atoms with Gasteiger partial charge in [-0.3, -0.25) is 4.79 Å². The number of hydrogen-bond donors (Lipinski definition) is 2. The smallest absolute Gasteiger partial charge is 0.256 e. The van der Waals surface area contributed by atoms with E-state index < -0.39 is 0 Å². The van der Waals surface area contributed by atoms with E-state index in [1.165, 1.54) is 0 Å². The van der Waals surface area contributed by atoms with Gasteiger partial charge in [-0.1, -0.05) is 0 Å². The second-order valence-corrected chi connectivity index (χ2v) is 5.23. The molecule has 0 radical (unpaired) electrons. The maximum Gasteiger partial charge on any atom is 0.256 e. The summed E-state index contributed by atoms with van der Waals surface area (Å²) in [7, 11) is 1.73. The molecule has 0 saturated carbocycles. The second-order valence-electron chi connectivity index (χ2n) is 5.23. The first-order valence-electron chi connectivity index (χ1n) is 6.87. The average molecular weight is 273 g/mol. The summed E-state index contributed by atoms with van der Waals surface area (Å²) in [6.45, 7) is 1.48. The van der Waals surface area contributed by atoms with E-state index in [1.807, 2.05) is 23.1 Å². The predicted molar refractivity (Wildman–Crippen MR) is 78.6 cm³/mol. The van der Waals surface area contributed by atoms with E-state index in [2.05, 4.69) is 4.98 Å². The molecule has 106 valence electrons. The number of aromatic nitrogens is 1. The Bertz CT molecular complexity index is 627. The number of nitrogen functional groups attached to an aromatic ring is 1. The number of likely N-dealkylation sites (tertiary alicyclic amines) is 1. The zero-order chi connectivity index (χ0) is 14.1. The number of nitrogens with two attached hydrogens (primary N) is 1. The summed E-state index contributed by atoms with van der Waals surface area (Å²) in [5, 5.41) is 0.892. The maximum atomic E-state index is 12.6. The number of anilines is 1. The number of hydrogen-bond acceptors (Lipinski definition) is 3. The molecule has 1 aromatic heterocycles. The third-order valence-corrected chi connectivity index (χ3v) is 4.00. The van der Waals surface area contributed by atoms with Gasteiger partial charge in [-0.15, -0.1) is 0 Å². The van der Waals surface area contributed by atoms with Gasteiger partial charge in [-0.05, 0) is 31.0 Å². The minimum Gasteiger partial charge on any atom is -0.399 e. The van der Waals surface area contributed by atoms with Gasteiger partial charge in [0.1, 0.15) is 0 Å². The summed E-state index contributed by atoms with van der Waals surface area (Å²) >= 11 is 0. The molecule has 5 heteroatoms. The van der Waals surface area contributed by atoms with Crippen molar-refractivity contribution in [1.82, 2.24) is 9.88 Å². The number of carbonyl (C=O) groups is 1. The highest BCUT2D eigenvalue weighted by atomic mass is 16.5. The molecule has 0 bridgehead atoms. The van der Waals surface area contributed by atoms with Crippen molar-refractivity contribution >= 4 is 22.5 Å². The molecule has 1 amide bonds. The first-order valence-corrected chi connectivity index (χ1v) is 6.87. The normalized spacial score (nSPS) is 16.8. The zero-order valence-electron chi connectivity index (χ0n) is 11.6. The Morgan fingerprint density at radius 3 is 2.85 bits per heavy atom. The number of piperidine rings is 1. The zero-order valence-corrected chi connectivity index (χ0v) is 11.6. The molecule has 1 aliphatic heterocycles. The molecular formula is C15H19N3O2. The van der Waals surface area contributed by atoms with Crippen molar-refractivity contribution in [2.45, 2.75) is 18.9 Å². The van der Waals surface area contributed by atoms with Crippen LogP contribution < -0.4 is 5.73 Å². The SMILES string of the molecule is COC1CCN(C(=O)c2c[nH]c3ccc(N)cc23)CC1. The van der Waals surface area contributed by atoms with Gasteiger partial charge < -0.3 is 20.4 Å². The standard InChI is InChI=1S/C15H19N3O2/c1-20-11-4-6-18(7-5-11)15(19)13-9-17-14-3-2-10(16)8-12(13)14/h2-3,8-9,11,17H,4-7,16H2,1H3. The van der Waals surface area contributed by atoms with E-state index in [-0.39, 0.29) is 12.0 Å². The first-order chi connectivity index (χ1) is 9.69. The van der Waals surface area contributed by atoms with Crippen LogP contribution in [-0.4, -0.2) is 42.1 Å². The minimum atomic E-state index is 0.0661. The third-order valence-electron chi connectivity index (χ3n) is 4.00. The van der Waals surface area contributed by atoms with Gasteiger partial charge in [-0.2, -0.15) is 0 Å². The Labute approximate surface area is 117 Å². The van der Waals surface area contributed by atoms with Crippen molar-refractivity contribution in [2.24, 2.45) is 0 Å². The Morgan fingerprint density at radius 2 is 2.15 bits per heavy atom. The first kappa shape index (κ1) is 13.0. The monoisotopic (exact) mass is 273 g/mol. The fourth-order valence-electron chi connectivity index (χ4n) is 2.78. The van der Waals surface area contributed by atoms with Crippen LogP contribution in [0, 0.1) is 0 Å². The van der Waals surface area contributed by atoms with E-state index in [9.17, 15) is 4.79 Å². The summed E-state index contributed by atoms with van der Waals surface area (Å²) in [5.74, 6) is 0.0661. The highest BCUT2D eigenvalue weighted by molar-refractivity contribution is 6.07. The van der Waals surface area contributed by atoms with Crippen molar-refractivity contribution in [3.05, 3.63) is 30.0 Å². The number of ether oxygens (including phenoxy) is 1. The summed E-state index contributed by atoms with van der Waals surface area (Å²) in [5.41, 5.74) is 8.12. The largest absolute Gasteiger partial charge is 0.399 e. The molecule has 1 aromatic carbocycles. The molecule has 0 spiro atoms. The minimum absolute atomic E-state index is 0.0661. The number of amides is 1. The van der Waals surface area contributed by atoms with Crippen LogP contribution in [0.4, 0.5) is 5.69 Å². The Hall–Kier alpha value is -2.01. The van der Waals surface area contributed by atoms with Crippen molar-refractivity contribution in [2.75, 3.05) is 25.9 Å². The topological polar surface area (TPSA) is 71.3 Å². The van der Waals surface area contributed by atoms with Crippen LogP contribution in [0.25, 0.3) is 10.9 Å². The van der Waals surface area contributed by atoms with E-state index in [4.69, 9.17) is 10.5 Å². The van der Waals surface area contributed by atoms with Gasteiger partial charge in [0.05, 0.1) is 11.7 Å². The number of nitrogens with one attached hydrogen (secondary N) is 1. The molecule has 0 atom stereocenters. The molecule has 2 heterocycles. The van der Waals surface area contributed by atoms with Crippen molar-refractivity contribution in [1.29, 1.82) is 0 Å². The van der Waals surface area contributed by atoms with Crippen LogP contribution in [-0.2, 0) is 4.74 Å². The van der Waals surface area contributed by atoms with Gasteiger partial charge in [0.2, 0.25) is 0 Å². The summed E-state index contributed by atoms with van der Waals surface area (Å²) in [6.07, 6.45) is 3.84. The maximum absolute atomic E-state index is 12.6. The molecule has 1 fully saturated rings. The summed E-state index contributed by atoms with van der Waals surface area (Å²) in [4.78, 5) is 17.6. The Morgan fingerprint density at radius 1 is 1.40 bits per heavy atom. The lowest BCUT2D eigenvalue weighted by Gasteiger charge is -2.31. The Balaban J connectivity index is 1.84. The molecule has 0 unspecified atom stereocenters. The van der Waals surface area contributed by atoms with Crippen LogP contribution in [0.5, 0.6) is 0 Å². The number of methoxy groups -OCH3 is 1. The fourth-order valence-corrected chi connectivity index (χ4v) is 2.78. The summed E-state index contributed by atoms with van der Waals surface area (Å²) < 4.78 is 5.34. The molecule has 5 nitrogen and oxygen atoms in total. The lowest BCUT2D eigenvalue weighted by atomic mass is 10.1. The van der Waals surface area contributed by atoms with Crippen LogP contribution in [0.1, 0.15) is 23.2 Å². The molecule has 3 N–H and O–H groups in total. The molecule has 1 saturated heterocycles. The average Bonchev–Trinajstić information content (AvgIpc) is 2.89. The number of rotatable bonds is 2. The molecule has 0 aliphatic carbocycles. The second kappa shape index (κ2) is 5.17. The lowest BCUT2D eigenvalue weighted by Crippen LogP contribution is -2.40.